The summed E-state index contributed by atoms with van der Waals surface area (Å²) in [5.74, 6) is 0.893. The van der Waals surface area contributed by atoms with Crippen LogP contribution in [0.1, 0.15) is 26.2 Å². The number of anilines is 2. The van der Waals surface area contributed by atoms with E-state index < -0.39 is 6.10 Å². The van der Waals surface area contributed by atoms with E-state index in [0.717, 1.165) is 25.9 Å². The van der Waals surface area contributed by atoms with Crippen LogP contribution in [0.5, 0.6) is 11.5 Å². The predicted octanol–water partition coefficient (Wildman–Crippen LogP) is 1.91. The maximum Gasteiger partial charge on any atom is 0.253 e. The van der Waals surface area contributed by atoms with Crippen LogP contribution in [0.25, 0.3) is 0 Å². The van der Waals surface area contributed by atoms with Crippen molar-refractivity contribution in [2.45, 2.75) is 38.4 Å². The molecule has 0 aromatic heterocycles. The van der Waals surface area contributed by atoms with Crippen molar-refractivity contribution in [3.8, 4) is 11.5 Å². The lowest BCUT2D eigenvalue weighted by atomic mass is 10.1. The first kappa shape index (κ1) is 15.9. The maximum absolute atomic E-state index is 12.2. The van der Waals surface area contributed by atoms with Gasteiger partial charge >= 0.3 is 0 Å². The Morgan fingerprint density at radius 2 is 2.17 bits per heavy atom. The molecule has 2 aliphatic rings. The highest BCUT2D eigenvalue weighted by Gasteiger charge is 2.21. The first-order valence-electron chi connectivity index (χ1n) is 7.86. The minimum absolute atomic E-state index is 0.0783. The molecule has 1 amide bonds. The third-order valence-corrected chi connectivity index (χ3v) is 3.98. The zero-order valence-corrected chi connectivity index (χ0v) is 13.2. The fourth-order valence-electron chi connectivity index (χ4n) is 2.57. The number of hydrogen-bond donors (Lipinski definition) is 2. The summed E-state index contributed by atoms with van der Waals surface area (Å²) >= 11 is 0. The molecule has 2 atom stereocenters. The summed E-state index contributed by atoms with van der Waals surface area (Å²) in [6.07, 6.45) is 2.70. The van der Waals surface area contributed by atoms with E-state index in [1.807, 2.05) is 0 Å². The second-order valence-electron chi connectivity index (χ2n) is 5.75. The van der Waals surface area contributed by atoms with E-state index in [1.165, 1.54) is 0 Å². The minimum atomic E-state index is -0.592. The number of nitrogen functional groups attached to an aromatic ring is 1. The van der Waals surface area contributed by atoms with Gasteiger partial charge in [-0.2, -0.15) is 0 Å². The summed E-state index contributed by atoms with van der Waals surface area (Å²) in [7, 11) is 0. The Morgan fingerprint density at radius 1 is 1.39 bits per heavy atom. The first-order valence-corrected chi connectivity index (χ1v) is 7.86. The summed E-state index contributed by atoms with van der Waals surface area (Å²) in [6, 6.07) is 3.30. The molecule has 0 saturated carbocycles. The van der Waals surface area contributed by atoms with E-state index in [4.69, 9.17) is 24.7 Å². The largest absolute Gasteiger partial charge is 0.454 e. The molecule has 7 heteroatoms. The van der Waals surface area contributed by atoms with Gasteiger partial charge in [0.1, 0.15) is 6.10 Å². The summed E-state index contributed by atoms with van der Waals surface area (Å²) in [6.45, 7) is 3.06. The summed E-state index contributed by atoms with van der Waals surface area (Å²) in [5, 5.41) is 2.76. The van der Waals surface area contributed by atoms with Gasteiger partial charge in [-0.1, -0.05) is 0 Å². The quantitative estimate of drug-likeness (QED) is 0.805. The number of hydrogen-bond acceptors (Lipinski definition) is 6. The van der Waals surface area contributed by atoms with Gasteiger partial charge in [0.05, 0.1) is 24.1 Å². The maximum atomic E-state index is 12.2. The molecule has 0 radical (unpaired) electrons. The number of amides is 1. The topological polar surface area (TPSA) is 92.0 Å². The molecule has 3 N–H and O–H groups in total. The summed E-state index contributed by atoms with van der Waals surface area (Å²) in [5.41, 5.74) is 6.83. The molecule has 1 aromatic carbocycles. The molecule has 1 aromatic rings. The lowest BCUT2D eigenvalue weighted by Crippen LogP contribution is -2.32. The highest BCUT2D eigenvalue weighted by atomic mass is 16.7. The van der Waals surface area contributed by atoms with Gasteiger partial charge in [-0.05, 0) is 26.2 Å². The average molecular weight is 322 g/mol. The monoisotopic (exact) mass is 322 g/mol. The third-order valence-electron chi connectivity index (χ3n) is 3.98. The van der Waals surface area contributed by atoms with Crippen molar-refractivity contribution < 1.29 is 23.7 Å². The van der Waals surface area contributed by atoms with Crippen molar-refractivity contribution in [3.05, 3.63) is 12.1 Å². The van der Waals surface area contributed by atoms with Crippen molar-refractivity contribution in [2.75, 3.05) is 31.1 Å². The molecule has 126 valence electrons. The van der Waals surface area contributed by atoms with E-state index in [2.05, 4.69) is 5.32 Å². The minimum Gasteiger partial charge on any atom is -0.454 e. The van der Waals surface area contributed by atoms with Crippen LogP contribution < -0.4 is 20.5 Å². The number of nitrogens with one attached hydrogen (secondary N) is 1. The van der Waals surface area contributed by atoms with Gasteiger partial charge in [-0.3, -0.25) is 4.79 Å². The Bertz CT molecular complexity index is 572. The van der Waals surface area contributed by atoms with Gasteiger partial charge in [0.15, 0.2) is 11.5 Å². The normalized spacial score (nSPS) is 21.0. The van der Waals surface area contributed by atoms with Crippen LogP contribution in [0, 0.1) is 0 Å². The van der Waals surface area contributed by atoms with Crippen LogP contribution in [0.4, 0.5) is 11.4 Å². The molecule has 0 bridgehead atoms. The van der Waals surface area contributed by atoms with E-state index >= 15 is 0 Å². The van der Waals surface area contributed by atoms with E-state index in [0.29, 0.717) is 29.5 Å². The molecule has 2 aliphatic heterocycles. The number of carbonyl (C=O) groups excluding carboxylic acids is 1. The van der Waals surface area contributed by atoms with E-state index in [1.54, 1.807) is 19.1 Å². The smallest absolute Gasteiger partial charge is 0.253 e. The third kappa shape index (κ3) is 3.86. The first-order chi connectivity index (χ1) is 11.1. The Balaban J connectivity index is 1.53. The molecular weight excluding hydrogens is 300 g/mol. The molecular formula is C16H22N2O5. The molecule has 3 rings (SSSR count). The Morgan fingerprint density at radius 3 is 2.91 bits per heavy atom. The fourth-order valence-corrected chi connectivity index (χ4v) is 2.57. The molecule has 7 nitrogen and oxygen atoms in total. The average Bonchev–Trinajstić information content (AvgIpc) is 3.00. The van der Waals surface area contributed by atoms with Crippen LogP contribution in [0.2, 0.25) is 0 Å². The number of carbonyl (C=O) groups is 1. The Labute approximate surface area is 135 Å². The van der Waals surface area contributed by atoms with Crippen molar-refractivity contribution >= 4 is 17.3 Å². The Hall–Kier alpha value is -1.99. The van der Waals surface area contributed by atoms with Crippen molar-refractivity contribution in [1.29, 1.82) is 0 Å². The van der Waals surface area contributed by atoms with Gasteiger partial charge in [0.25, 0.3) is 5.91 Å². The summed E-state index contributed by atoms with van der Waals surface area (Å²) < 4.78 is 21.7. The molecule has 0 aliphatic carbocycles. The molecule has 1 saturated heterocycles. The van der Waals surface area contributed by atoms with Gasteiger partial charge in [-0.25, -0.2) is 0 Å². The van der Waals surface area contributed by atoms with Crippen LogP contribution in [-0.4, -0.2) is 38.1 Å². The van der Waals surface area contributed by atoms with Crippen LogP contribution in [0.3, 0.4) is 0 Å². The second-order valence-corrected chi connectivity index (χ2v) is 5.75. The molecule has 23 heavy (non-hydrogen) atoms. The molecule has 2 heterocycles. The fraction of sp³-hybridized carbons (Fsp3) is 0.562. The molecule has 1 fully saturated rings. The van der Waals surface area contributed by atoms with Crippen molar-refractivity contribution in [1.82, 2.24) is 0 Å². The molecule has 2 unspecified atom stereocenters. The van der Waals surface area contributed by atoms with Crippen LogP contribution in [0.15, 0.2) is 12.1 Å². The zero-order chi connectivity index (χ0) is 16.2. The SMILES string of the molecule is CC(OCC1CCCCO1)C(=O)Nc1cc2c(cc1N)OCO2. The zero-order valence-electron chi connectivity index (χ0n) is 13.2. The number of rotatable bonds is 5. The second kappa shape index (κ2) is 7.06. The molecule has 0 spiro atoms. The Kier molecular flexibility index (Phi) is 4.88. The van der Waals surface area contributed by atoms with Crippen LogP contribution >= 0.6 is 0 Å². The van der Waals surface area contributed by atoms with Gasteiger partial charge in [-0.15, -0.1) is 0 Å². The number of ether oxygens (including phenoxy) is 4. The van der Waals surface area contributed by atoms with Crippen molar-refractivity contribution in [3.63, 3.8) is 0 Å². The highest BCUT2D eigenvalue weighted by molar-refractivity contribution is 5.97. The summed E-state index contributed by atoms with van der Waals surface area (Å²) in [4.78, 5) is 12.2. The number of benzene rings is 1. The van der Waals surface area contributed by atoms with E-state index in [-0.39, 0.29) is 18.8 Å². The van der Waals surface area contributed by atoms with Gasteiger partial charge in [0, 0.05) is 18.7 Å². The highest BCUT2D eigenvalue weighted by Crippen LogP contribution is 2.38. The van der Waals surface area contributed by atoms with E-state index in [9.17, 15) is 4.79 Å². The lowest BCUT2D eigenvalue weighted by molar-refractivity contribution is -0.130. The van der Waals surface area contributed by atoms with Crippen LogP contribution in [-0.2, 0) is 14.3 Å². The van der Waals surface area contributed by atoms with Crippen molar-refractivity contribution in [2.24, 2.45) is 0 Å². The van der Waals surface area contributed by atoms with Gasteiger partial charge < -0.3 is 30.0 Å². The lowest BCUT2D eigenvalue weighted by Gasteiger charge is -2.24. The number of fused-ring (bicyclic) bond motifs is 1. The van der Waals surface area contributed by atoms with Gasteiger partial charge in [0.2, 0.25) is 6.79 Å². The number of nitrogens with two attached hydrogens (primary N) is 1. The predicted molar refractivity (Wildman–Crippen MR) is 84.6 cm³/mol. The standard InChI is InChI=1S/C16H22N2O5/c1-10(21-8-11-4-2-3-5-20-11)16(19)18-13-7-15-14(6-12(13)17)22-9-23-15/h6-7,10-11H,2-5,8-9,17H2,1H3,(H,18,19).